The number of hydrogen-bond acceptors (Lipinski definition) is 4. The summed E-state index contributed by atoms with van der Waals surface area (Å²) in [6, 6.07) is 19.6. The monoisotopic (exact) mass is 538 g/mol. The van der Waals surface area contributed by atoms with Crippen LogP contribution in [0.3, 0.4) is 0 Å². The molecule has 5 rings (SSSR count). The summed E-state index contributed by atoms with van der Waals surface area (Å²) in [6.07, 6.45) is 0. The fourth-order valence-electron chi connectivity index (χ4n) is 4.96. The third kappa shape index (κ3) is 4.55. The molecule has 0 fully saturated rings. The molecule has 4 N–H and O–H groups in total. The number of rotatable bonds is 7. The van der Waals surface area contributed by atoms with Crippen LogP contribution in [-0.4, -0.2) is 41.7 Å². The van der Waals surface area contributed by atoms with Crippen molar-refractivity contribution in [3.05, 3.63) is 138 Å². The third-order valence-corrected chi connectivity index (χ3v) is 6.92. The molecule has 0 aliphatic heterocycles. The van der Waals surface area contributed by atoms with Crippen LogP contribution in [0.25, 0.3) is 11.4 Å². The molecule has 5 aromatic rings. The van der Waals surface area contributed by atoms with E-state index in [1.807, 2.05) is 31.2 Å². The van der Waals surface area contributed by atoms with Gasteiger partial charge in [0.2, 0.25) is 0 Å². The molecule has 0 amide bonds. The predicted molar refractivity (Wildman–Crippen MR) is 148 cm³/mol. The van der Waals surface area contributed by atoms with Gasteiger partial charge in [0, 0.05) is 17.3 Å². The Bertz CT molecular complexity index is 1770. The van der Waals surface area contributed by atoms with E-state index in [0.717, 1.165) is 5.56 Å². The second kappa shape index (κ2) is 10.1. The van der Waals surface area contributed by atoms with Crippen LogP contribution in [0, 0.1) is 20.8 Å². The van der Waals surface area contributed by atoms with Crippen molar-refractivity contribution in [2.24, 2.45) is 0 Å². The van der Waals surface area contributed by atoms with E-state index in [0.29, 0.717) is 39.5 Å². The number of hydrogen-bond donors (Lipinski definition) is 4. The van der Waals surface area contributed by atoms with E-state index < -0.39 is 29.0 Å². The highest BCUT2D eigenvalue weighted by atomic mass is 16.4. The summed E-state index contributed by atoms with van der Waals surface area (Å²) in [5.41, 5.74) is 3.28. The van der Waals surface area contributed by atoms with Crippen molar-refractivity contribution in [2.75, 3.05) is 0 Å². The Hall–Kier alpha value is -5.38. The molecule has 202 valence electrons. The zero-order valence-corrected chi connectivity index (χ0v) is 21.9. The maximum Gasteiger partial charge on any atom is 0.335 e. The molecule has 10 nitrogen and oxygen atoms in total. The first-order valence-corrected chi connectivity index (χ1v) is 12.4. The van der Waals surface area contributed by atoms with Crippen LogP contribution >= 0.6 is 0 Å². The predicted octanol–water partition coefficient (Wildman–Crippen LogP) is 4.15. The van der Waals surface area contributed by atoms with Gasteiger partial charge in [-0.2, -0.15) is 0 Å². The maximum atomic E-state index is 13.9. The Labute approximate surface area is 227 Å². The van der Waals surface area contributed by atoms with Crippen molar-refractivity contribution in [3.63, 3.8) is 0 Å². The first-order valence-electron chi connectivity index (χ1n) is 12.4. The smallest absolute Gasteiger partial charge is 0.335 e. The van der Waals surface area contributed by atoms with Gasteiger partial charge >= 0.3 is 11.9 Å². The zero-order chi connectivity index (χ0) is 28.7. The van der Waals surface area contributed by atoms with Gasteiger partial charge in [-0.15, -0.1) is 0 Å². The first-order chi connectivity index (χ1) is 19.1. The van der Waals surface area contributed by atoms with Crippen LogP contribution in [0.1, 0.15) is 60.3 Å². The van der Waals surface area contributed by atoms with Gasteiger partial charge < -0.3 is 10.2 Å². The second-order valence-electron chi connectivity index (χ2n) is 9.64. The Morgan fingerprint density at radius 1 is 0.675 bits per heavy atom. The Kier molecular flexibility index (Phi) is 6.60. The molecule has 2 heterocycles. The molecule has 0 spiro atoms. The quantitative estimate of drug-likeness (QED) is 0.245. The van der Waals surface area contributed by atoms with Crippen molar-refractivity contribution in [2.45, 2.75) is 26.7 Å². The summed E-state index contributed by atoms with van der Waals surface area (Å²) in [6.45, 7) is 5.39. The first kappa shape index (κ1) is 26.2. The molecular weight excluding hydrogens is 512 g/mol. The van der Waals surface area contributed by atoms with Crippen molar-refractivity contribution >= 4 is 11.9 Å². The fourth-order valence-corrected chi connectivity index (χ4v) is 4.96. The number of aromatic carboxylic acids is 2. The molecule has 0 aliphatic carbocycles. The number of H-pyrrole nitrogens is 2. The summed E-state index contributed by atoms with van der Waals surface area (Å²) in [4.78, 5) is 50.9. The lowest BCUT2D eigenvalue weighted by atomic mass is 9.85. The van der Waals surface area contributed by atoms with Crippen LogP contribution in [-0.2, 0) is 0 Å². The summed E-state index contributed by atoms with van der Waals surface area (Å²) >= 11 is 0. The largest absolute Gasteiger partial charge is 0.478 e. The molecule has 0 saturated heterocycles. The Morgan fingerprint density at radius 2 is 1.10 bits per heavy atom. The van der Waals surface area contributed by atoms with E-state index in [9.17, 15) is 29.4 Å². The SMILES string of the molecule is Cc1ccc(C(c2c(C)[nH]n(-c3cccc(C(=O)O)c3)c2=O)c2c(C)[nH]n(-c3cccc(C(=O)O)c3)c2=O)cc1. The zero-order valence-electron chi connectivity index (χ0n) is 21.9. The molecule has 0 atom stereocenters. The fraction of sp³-hybridized carbons (Fsp3) is 0.133. The topological polar surface area (TPSA) is 150 Å². The van der Waals surface area contributed by atoms with Crippen molar-refractivity contribution < 1.29 is 19.8 Å². The van der Waals surface area contributed by atoms with Crippen molar-refractivity contribution in [3.8, 4) is 11.4 Å². The van der Waals surface area contributed by atoms with Crippen molar-refractivity contribution in [1.29, 1.82) is 0 Å². The van der Waals surface area contributed by atoms with Gasteiger partial charge in [0.15, 0.2) is 0 Å². The summed E-state index contributed by atoms with van der Waals surface area (Å²) < 4.78 is 2.55. The summed E-state index contributed by atoms with van der Waals surface area (Å²) in [5, 5.41) is 25.0. The van der Waals surface area contributed by atoms with Crippen LogP contribution in [0.5, 0.6) is 0 Å². The van der Waals surface area contributed by atoms with Gasteiger partial charge in [0.1, 0.15) is 0 Å². The van der Waals surface area contributed by atoms with E-state index in [1.54, 1.807) is 38.1 Å². The molecule has 0 saturated carbocycles. The minimum absolute atomic E-state index is 0.0289. The lowest BCUT2D eigenvalue weighted by Crippen LogP contribution is -2.25. The number of aromatic amines is 2. The van der Waals surface area contributed by atoms with Crippen LogP contribution in [0.4, 0.5) is 0 Å². The highest BCUT2D eigenvalue weighted by Gasteiger charge is 2.31. The maximum absolute atomic E-state index is 13.9. The highest BCUT2D eigenvalue weighted by molar-refractivity contribution is 5.88. The molecule has 10 heteroatoms. The van der Waals surface area contributed by atoms with E-state index >= 15 is 0 Å². The Balaban J connectivity index is 1.74. The van der Waals surface area contributed by atoms with Gasteiger partial charge in [0.05, 0.1) is 33.6 Å². The van der Waals surface area contributed by atoms with E-state index in [4.69, 9.17) is 0 Å². The van der Waals surface area contributed by atoms with Gasteiger partial charge in [-0.3, -0.25) is 19.8 Å². The Morgan fingerprint density at radius 3 is 1.50 bits per heavy atom. The molecule has 3 aromatic carbocycles. The second-order valence-corrected chi connectivity index (χ2v) is 9.64. The number of carbonyl (C=O) groups is 2. The normalized spacial score (nSPS) is 11.2. The molecule has 0 aliphatic rings. The van der Waals surface area contributed by atoms with Crippen LogP contribution in [0.15, 0.2) is 82.4 Å². The molecule has 40 heavy (non-hydrogen) atoms. The molecular formula is C30H26N4O6. The number of aryl methyl sites for hydroxylation is 3. The minimum Gasteiger partial charge on any atom is -0.478 e. The molecule has 0 radical (unpaired) electrons. The van der Waals surface area contributed by atoms with Crippen molar-refractivity contribution in [1.82, 2.24) is 19.6 Å². The minimum atomic E-state index is -1.12. The van der Waals surface area contributed by atoms with Gasteiger partial charge in [0.25, 0.3) is 11.1 Å². The molecule has 0 unspecified atom stereocenters. The summed E-state index contributed by atoms with van der Waals surface area (Å²) in [5.74, 6) is -3.02. The molecule has 0 bridgehead atoms. The number of nitrogens with one attached hydrogen (secondary N) is 2. The standard InChI is InChI=1S/C30H26N4O6/c1-16-10-12-19(13-11-16)26(24-17(2)31-33(27(24)35)22-8-4-6-20(14-22)29(37)38)25-18(3)32-34(28(25)36)23-9-5-7-21(15-23)30(39)40/h4-15,26,31-32H,1-3H3,(H,37,38)(H,39,40). The van der Waals surface area contributed by atoms with Crippen LogP contribution in [0.2, 0.25) is 0 Å². The highest BCUT2D eigenvalue weighted by Crippen LogP contribution is 2.32. The third-order valence-electron chi connectivity index (χ3n) is 6.92. The van der Waals surface area contributed by atoms with E-state index in [1.165, 1.54) is 33.6 Å². The summed E-state index contributed by atoms with van der Waals surface area (Å²) in [7, 11) is 0. The van der Waals surface area contributed by atoms with Gasteiger partial charge in [-0.05, 0) is 62.7 Å². The lowest BCUT2D eigenvalue weighted by molar-refractivity contribution is 0.0686. The number of nitrogens with zero attached hydrogens (tertiary/aromatic N) is 2. The number of benzene rings is 3. The number of carboxylic acid groups (broad SMARTS) is 2. The van der Waals surface area contributed by atoms with Crippen LogP contribution < -0.4 is 11.1 Å². The van der Waals surface area contributed by atoms with E-state index in [2.05, 4.69) is 10.2 Å². The average molecular weight is 539 g/mol. The average Bonchev–Trinajstić information content (AvgIpc) is 3.40. The van der Waals surface area contributed by atoms with Gasteiger partial charge in [-0.1, -0.05) is 42.0 Å². The number of carboxylic acids is 2. The lowest BCUT2D eigenvalue weighted by Gasteiger charge is -2.16. The van der Waals surface area contributed by atoms with E-state index in [-0.39, 0.29) is 11.1 Å². The molecule has 2 aromatic heterocycles. The van der Waals surface area contributed by atoms with Gasteiger partial charge in [-0.25, -0.2) is 19.0 Å². The number of aromatic nitrogens is 4.